The van der Waals surface area contributed by atoms with E-state index in [0.717, 1.165) is 30.7 Å². The molecule has 3 rings (SSSR count). The predicted molar refractivity (Wildman–Crippen MR) is 94.6 cm³/mol. The van der Waals surface area contributed by atoms with Crippen LogP contribution < -0.4 is 10.9 Å². The Morgan fingerprint density at radius 2 is 1.96 bits per heavy atom. The van der Waals surface area contributed by atoms with Crippen LogP contribution in [0.3, 0.4) is 0 Å². The number of nitrogens with one attached hydrogen (secondary N) is 2. The molecule has 0 aliphatic carbocycles. The molecule has 0 aromatic heterocycles. The SMILES string of the molecule is CN1CCCCC1CC(=O)NNC(=O)[C@@H]1CCC2CN1C(=O)N2OS(=O)(=O)O. The van der Waals surface area contributed by atoms with Crippen molar-refractivity contribution in [3.05, 3.63) is 0 Å². The highest BCUT2D eigenvalue weighted by molar-refractivity contribution is 7.80. The highest BCUT2D eigenvalue weighted by Gasteiger charge is 2.49. The van der Waals surface area contributed by atoms with E-state index in [2.05, 4.69) is 20.0 Å². The number of piperidine rings is 2. The van der Waals surface area contributed by atoms with Gasteiger partial charge in [-0.1, -0.05) is 6.42 Å². The number of hydrazine groups is 1. The van der Waals surface area contributed by atoms with E-state index in [0.29, 0.717) is 11.5 Å². The molecule has 3 aliphatic rings. The topological polar surface area (TPSA) is 149 Å². The first-order chi connectivity index (χ1) is 13.2. The summed E-state index contributed by atoms with van der Waals surface area (Å²) < 4.78 is 34.9. The summed E-state index contributed by atoms with van der Waals surface area (Å²) in [5, 5.41) is 0.570. The fourth-order valence-electron chi connectivity index (χ4n) is 3.99. The van der Waals surface area contributed by atoms with E-state index in [4.69, 9.17) is 4.55 Å². The van der Waals surface area contributed by atoms with Gasteiger partial charge in [0.25, 0.3) is 5.91 Å². The van der Waals surface area contributed by atoms with Crippen LogP contribution in [-0.4, -0.2) is 83.9 Å². The predicted octanol–water partition coefficient (Wildman–Crippen LogP) is -0.989. The quantitative estimate of drug-likeness (QED) is 0.380. The van der Waals surface area contributed by atoms with Crippen LogP contribution in [0.2, 0.25) is 0 Å². The third-order valence-corrected chi connectivity index (χ3v) is 5.82. The molecule has 12 nitrogen and oxygen atoms in total. The maximum absolute atomic E-state index is 12.4. The van der Waals surface area contributed by atoms with Crippen molar-refractivity contribution in [3.8, 4) is 0 Å². The second-order valence-electron chi connectivity index (χ2n) is 7.38. The standard InChI is InChI=1S/C15H25N5O7S/c1-18-7-3-2-4-10(18)8-13(21)16-17-14(22)12-6-5-11-9-19(12)15(23)20(11)27-28(24,25)26/h10-12H,2-9H2,1H3,(H,16,21)(H,17,22)(H,24,25,26)/t10?,11?,12-/m0/s1. The number of fused-ring (bicyclic) bond motifs is 2. The summed E-state index contributed by atoms with van der Waals surface area (Å²) in [6.07, 6.45) is 3.95. The molecule has 3 heterocycles. The van der Waals surface area contributed by atoms with Crippen LogP contribution in [0, 0.1) is 0 Å². The molecule has 13 heteroatoms. The summed E-state index contributed by atoms with van der Waals surface area (Å²) in [6.45, 7) is 1.03. The number of urea groups is 1. The van der Waals surface area contributed by atoms with E-state index >= 15 is 0 Å². The van der Waals surface area contributed by atoms with Gasteiger partial charge in [-0.05, 0) is 39.3 Å². The minimum atomic E-state index is -4.84. The Bertz CT molecular complexity index is 745. The van der Waals surface area contributed by atoms with Crippen molar-refractivity contribution in [2.75, 3.05) is 20.1 Å². The molecule has 3 N–H and O–H groups in total. The van der Waals surface area contributed by atoms with E-state index in [9.17, 15) is 22.8 Å². The second kappa shape index (κ2) is 8.19. The van der Waals surface area contributed by atoms with Crippen LogP contribution in [0.15, 0.2) is 0 Å². The Morgan fingerprint density at radius 1 is 1.21 bits per heavy atom. The molecule has 4 amide bonds. The number of amides is 4. The highest BCUT2D eigenvalue weighted by atomic mass is 32.3. The van der Waals surface area contributed by atoms with Gasteiger partial charge < -0.3 is 9.80 Å². The molecule has 0 aromatic carbocycles. The van der Waals surface area contributed by atoms with Gasteiger partial charge in [0.15, 0.2) is 0 Å². The lowest BCUT2D eigenvalue weighted by atomic mass is 10.00. The van der Waals surface area contributed by atoms with Gasteiger partial charge >= 0.3 is 16.4 Å². The van der Waals surface area contributed by atoms with Crippen LogP contribution >= 0.6 is 0 Å². The van der Waals surface area contributed by atoms with Gasteiger partial charge in [-0.15, -0.1) is 4.28 Å². The summed E-state index contributed by atoms with van der Waals surface area (Å²) >= 11 is 0. The molecule has 0 saturated carbocycles. The Hall–Kier alpha value is -1.96. The van der Waals surface area contributed by atoms with Crippen LogP contribution in [0.1, 0.15) is 38.5 Å². The number of nitrogens with zero attached hydrogens (tertiary/aromatic N) is 3. The lowest BCUT2D eigenvalue weighted by Crippen LogP contribution is -2.54. The molecule has 158 valence electrons. The summed E-state index contributed by atoms with van der Waals surface area (Å²) in [5.41, 5.74) is 4.73. The van der Waals surface area contributed by atoms with Gasteiger partial charge in [0.05, 0.1) is 6.04 Å². The molecular weight excluding hydrogens is 394 g/mol. The number of carbonyl (C=O) groups is 3. The minimum absolute atomic E-state index is 0.0905. The summed E-state index contributed by atoms with van der Waals surface area (Å²) in [4.78, 5) is 40.1. The van der Waals surface area contributed by atoms with Crippen molar-refractivity contribution in [2.45, 2.75) is 56.7 Å². The third kappa shape index (κ3) is 4.71. The van der Waals surface area contributed by atoms with Crippen molar-refractivity contribution in [1.82, 2.24) is 25.7 Å². The van der Waals surface area contributed by atoms with E-state index in [1.54, 1.807) is 0 Å². The van der Waals surface area contributed by atoms with Gasteiger partial charge in [-0.25, -0.2) is 4.79 Å². The average molecular weight is 419 g/mol. The van der Waals surface area contributed by atoms with E-state index in [1.165, 1.54) is 0 Å². The number of hydrogen-bond acceptors (Lipinski definition) is 7. The first kappa shape index (κ1) is 20.8. The monoisotopic (exact) mass is 419 g/mol. The van der Waals surface area contributed by atoms with Crippen molar-refractivity contribution in [3.63, 3.8) is 0 Å². The molecule has 3 aliphatic heterocycles. The molecule has 3 fully saturated rings. The van der Waals surface area contributed by atoms with Crippen LogP contribution in [0.5, 0.6) is 0 Å². The maximum Gasteiger partial charge on any atom is 0.418 e. The molecule has 28 heavy (non-hydrogen) atoms. The number of hydroxylamine groups is 2. The lowest BCUT2D eigenvalue weighted by Gasteiger charge is -2.32. The third-order valence-electron chi connectivity index (χ3n) is 5.47. The van der Waals surface area contributed by atoms with Gasteiger partial charge in [0.1, 0.15) is 6.04 Å². The maximum atomic E-state index is 12.4. The minimum Gasteiger partial charge on any atom is -0.309 e. The Kier molecular flexibility index (Phi) is 6.07. The Morgan fingerprint density at radius 3 is 2.64 bits per heavy atom. The fourth-order valence-corrected chi connectivity index (χ4v) is 4.37. The first-order valence-corrected chi connectivity index (χ1v) is 10.6. The largest absolute Gasteiger partial charge is 0.418 e. The Balaban J connectivity index is 1.51. The number of hydrogen-bond donors (Lipinski definition) is 3. The molecule has 2 bridgehead atoms. The van der Waals surface area contributed by atoms with Crippen LogP contribution in [0.4, 0.5) is 4.79 Å². The van der Waals surface area contributed by atoms with Crippen LogP contribution in [-0.2, 0) is 24.3 Å². The molecule has 3 saturated heterocycles. The summed E-state index contributed by atoms with van der Waals surface area (Å²) in [7, 11) is -2.87. The lowest BCUT2D eigenvalue weighted by molar-refractivity contribution is -0.132. The van der Waals surface area contributed by atoms with Gasteiger partial charge in [0.2, 0.25) is 5.91 Å². The van der Waals surface area contributed by atoms with E-state index < -0.39 is 34.4 Å². The van der Waals surface area contributed by atoms with E-state index in [-0.39, 0.29) is 31.3 Å². The molecule has 3 atom stereocenters. The van der Waals surface area contributed by atoms with Crippen molar-refractivity contribution in [1.29, 1.82) is 0 Å². The normalized spacial score (nSPS) is 28.4. The number of likely N-dealkylation sites (tertiary alicyclic amines) is 1. The van der Waals surface area contributed by atoms with Gasteiger partial charge in [-0.2, -0.15) is 13.5 Å². The van der Waals surface area contributed by atoms with Crippen LogP contribution in [0.25, 0.3) is 0 Å². The number of rotatable bonds is 5. The molecular formula is C15H25N5O7S. The molecule has 2 unspecified atom stereocenters. The highest BCUT2D eigenvalue weighted by Crippen LogP contribution is 2.30. The molecule has 0 radical (unpaired) electrons. The van der Waals surface area contributed by atoms with Gasteiger partial charge in [-0.3, -0.25) is 25.0 Å². The zero-order chi connectivity index (χ0) is 20.5. The zero-order valence-corrected chi connectivity index (χ0v) is 16.4. The number of carbonyl (C=O) groups excluding carboxylic acids is 3. The fraction of sp³-hybridized carbons (Fsp3) is 0.800. The van der Waals surface area contributed by atoms with Crippen molar-refractivity contribution >= 4 is 28.2 Å². The molecule has 0 spiro atoms. The van der Waals surface area contributed by atoms with Crippen molar-refractivity contribution < 1.29 is 31.6 Å². The zero-order valence-electron chi connectivity index (χ0n) is 15.5. The van der Waals surface area contributed by atoms with Gasteiger partial charge in [0, 0.05) is 19.0 Å². The second-order valence-corrected chi connectivity index (χ2v) is 8.39. The Labute approximate surface area is 163 Å². The summed E-state index contributed by atoms with van der Waals surface area (Å²) in [6, 6.07) is -2.13. The smallest absolute Gasteiger partial charge is 0.309 e. The first-order valence-electron chi connectivity index (χ1n) is 9.21. The average Bonchev–Trinajstić information content (AvgIpc) is 2.85. The van der Waals surface area contributed by atoms with E-state index in [1.807, 2.05) is 7.05 Å². The summed E-state index contributed by atoms with van der Waals surface area (Å²) in [5.74, 6) is -0.879. The molecule has 0 aromatic rings. The van der Waals surface area contributed by atoms with Crippen molar-refractivity contribution in [2.24, 2.45) is 0 Å².